The van der Waals surface area contributed by atoms with Crippen LogP contribution in [0.5, 0.6) is 5.75 Å². The molecule has 6 heteroatoms. The van der Waals surface area contributed by atoms with E-state index in [0.29, 0.717) is 6.61 Å². The van der Waals surface area contributed by atoms with Gasteiger partial charge in [-0.25, -0.2) is 0 Å². The zero-order valence-corrected chi connectivity index (χ0v) is 15.2. The Bertz CT molecular complexity index is 493. The summed E-state index contributed by atoms with van der Waals surface area (Å²) in [5.41, 5.74) is -0.653. The van der Waals surface area contributed by atoms with Crippen molar-refractivity contribution in [2.24, 2.45) is 0 Å². The minimum absolute atomic E-state index is 0.666. The normalized spacial score (nSPS) is 16.9. The van der Waals surface area contributed by atoms with Gasteiger partial charge in [0.1, 0.15) is 12.4 Å². The van der Waals surface area contributed by atoms with Gasteiger partial charge in [0, 0.05) is 19.6 Å². The fourth-order valence-corrected chi connectivity index (χ4v) is 2.12. The zero-order valence-electron chi connectivity index (χ0n) is 15.2. The van der Waals surface area contributed by atoms with Crippen LogP contribution in [0, 0.1) is 0 Å². The predicted octanol–water partition coefficient (Wildman–Crippen LogP) is 1.21. The van der Waals surface area contributed by atoms with E-state index in [1.807, 2.05) is 38.1 Å². The third-order valence-electron chi connectivity index (χ3n) is 4.62. The molecule has 1 heterocycles. The smallest absolute Gasteiger partial charge is 0.330 e. The zero-order chi connectivity index (χ0) is 17.6. The first-order valence-electron chi connectivity index (χ1n) is 8.54. The number of nitrogens with zero attached hydrogens (tertiary/aromatic N) is 1. The van der Waals surface area contributed by atoms with Crippen LogP contribution in [-0.2, 0) is 9.39 Å². The summed E-state index contributed by atoms with van der Waals surface area (Å²) in [6.45, 7) is 12.4. The van der Waals surface area contributed by atoms with Crippen molar-refractivity contribution in [2.75, 3.05) is 39.5 Å². The van der Waals surface area contributed by atoms with E-state index in [-0.39, 0.29) is 0 Å². The van der Waals surface area contributed by atoms with E-state index in [0.717, 1.165) is 44.1 Å². The fourth-order valence-electron chi connectivity index (χ4n) is 2.12. The summed E-state index contributed by atoms with van der Waals surface area (Å²) in [6, 6.07) is 7.77. The SMILES string of the molecule is CC(C)(O)C(C)(C)O[B]c1ccc(OCCN2CCOCC2)cc1. The van der Waals surface area contributed by atoms with Crippen molar-refractivity contribution in [3.8, 4) is 5.75 Å². The molecule has 1 fully saturated rings. The van der Waals surface area contributed by atoms with Gasteiger partial charge in [-0.3, -0.25) is 4.90 Å². The summed E-state index contributed by atoms with van der Waals surface area (Å²) in [6.07, 6.45) is 0. The predicted molar refractivity (Wildman–Crippen MR) is 96.0 cm³/mol. The monoisotopic (exact) mass is 334 g/mol. The van der Waals surface area contributed by atoms with Crippen molar-refractivity contribution in [1.29, 1.82) is 0 Å². The molecule has 0 amide bonds. The highest BCUT2D eigenvalue weighted by Gasteiger charge is 2.35. The van der Waals surface area contributed by atoms with Crippen LogP contribution in [0.15, 0.2) is 24.3 Å². The molecule has 0 atom stereocenters. The van der Waals surface area contributed by atoms with Gasteiger partial charge < -0.3 is 19.2 Å². The second-order valence-corrected chi connectivity index (χ2v) is 7.18. The second kappa shape index (κ2) is 8.34. The molecule has 5 nitrogen and oxygen atoms in total. The molecule has 0 aliphatic carbocycles. The number of morpholine rings is 1. The highest BCUT2D eigenvalue weighted by molar-refractivity contribution is 6.47. The molecule has 0 bridgehead atoms. The summed E-state index contributed by atoms with van der Waals surface area (Å²) in [5.74, 6) is 0.849. The summed E-state index contributed by atoms with van der Waals surface area (Å²) < 4.78 is 16.9. The number of aliphatic hydroxyl groups is 1. The van der Waals surface area contributed by atoms with Crippen molar-refractivity contribution in [2.45, 2.75) is 38.9 Å². The lowest BCUT2D eigenvalue weighted by molar-refractivity contribution is -0.0893. The summed E-state index contributed by atoms with van der Waals surface area (Å²) >= 11 is 0. The van der Waals surface area contributed by atoms with Crippen LogP contribution in [0.3, 0.4) is 0 Å². The third kappa shape index (κ3) is 5.78. The Hall–Kier alpha value is -1.08. The maximum atomic E-state index is 10.1. The lowest BCUT2D eigenvalue weighted by Crippen LogP contribution is -2.49. The molecule has 0 spiro atoms. The van der Waals surface area contributed by atoms with Gasteiger partial charge in [-0.1, -0.05) is 17.6 Å². The van der Waals surface area contributed by atoms with Gasteiger partial charge in [-0.05, 0) is 39.8 Å². The molecule has 0 aromatic heterocycles. The van der Waals surface area contributed by atoms with Crippen LogP contribution < -0.4 is 10.2 Å². The van der Waals surface area contributed by atoms with Crippen LogP contribution in [-0.4, -0.2) is 68.1 Å². The van der Waals surface area contributed by atoms with Crippen molar-refractivity contribution >= 4 is 12.9 Å². The Kier molecular flexibility index (Phi) is 6.69. The second-order valence-electron chi connectivity index (χ2n) is 7.18. The average Bonchev–Trinajstić information content (AvgIpc) is 2.54. The van der Waals surface area contributed by atoms with E-state index in [1.54, 1.807) is 21.3 Å². The van der Waals surface area contributed by atoms with Gasteiger partial charge in [0.25, 0.3) is 0 Å². The van der Waals surface area contributed by atoms with Gasteiger partial charge in [0.2, 0.25) is 0 Å². The van der Waals surface area contributed by atoms with Gasteiger partial charge in [-0.2, -0.15) is 0 Å². The fraction of sp³-hybridized carbons (Fsp3) is 0.667. The van der Waals surface area contributed by atoms with Gasteiger partial charge in [-0.15, -0.1) is 0 Å². The van der Waals surface area contributed by atoms with Gasteiger partial charge in [0.15, 0.2) is 0 Å². The lowest BCUT2D eigenvalue weighted by Gasteiger charge is -2.37. The first-order chi connectivity index (χ1) is 11.3. The van der Waals surface area contributed by atoms with E-state index in [1.165, 1.54) is 0 Å². The molecular formula is C18H29BNO4. The molecular weight excluding hydrogens is 305 g/mol. The van der Waals surface area contributed by atoms with Crippen molar-refractivity contribution < 1.29 is 19.2 Å². The molecule has 0 saturated carbocycles. The van der Waals surface area contributed by atoms with Crippen molar-refractivity contribution in [3.63, 3.8) is 0 Å². The molecule has 1 N–H and O–H groups in total. The molecule has 24 heavy (non-hydrogen) atoms. The van der Waals surface area contributed by atoms with Crippen LogP contribution in [0.1, 0.15) is 27.7 Å². The molecule has 1 saturated heterocycles. The number of hydrogen-bond donors (Lipinski definition) is 1. The Balaban J connectivity index is 1.74. The molecule has 1 radical (unpaired) electrons. The van der Waals surface area contributed by atoms with E-state index in [9.17, 15) is 5.11 Å². The number of hydrogen-bond acceptors (Lipinski definition) is 5. The lowest BCUT2D eigenvalue weighted by atomic mass is 9.82. The van der Waals surface area contributed by atoms with E-state index in [2.05, 4.69) is 4.90 Å². The van der Waals surface area contributed by atoms with Crippen LogP contribution in [0.4, 0.5) is 0 Å². The Morgan fingerprint density at radius 3 is 2.33 bits per heavy atom. The maximum Gasteiger partial charge on any atom is 0.330 e. The highest BCUT2D eigenvalue weighted by Crippen LogP contribution is 2.24. The average molecular weight is 334 g/mol. The van der Waals surface area contributed by atoms with Crippen LogP contribution >= 0.6 is 0 Å². The van der Waals surface area contributed by atoms with E-state index in [4.69, 9.17) is 14.1 Å². The standard InChI is InChI=1S/C18H29BNO4/c1-17(2,21)18(3,4)24-19-15-5-7-16(8-6-15)23-14-11-20-9-12-22-13-10-20/h5-8,21H,9-14H2,1-4H3. The third-order valence-corrected chi connectivity index (χ3v) is 4.62. The van der Waals surface area contributed by atoms with Gasteiger partial charge in [0.05, 0.1) is 24.4 Å². The largest absolute Gasteiger partial charge is 0.492 e. The minimum Gasteiger partial charge on any atom is -0.492 e. The summed E-state index contributed by atoms with van der Waals surface area (Å²) in [5, 5.41) is 10.1. The molecule has 133 valence electrons. The van der Waals surface area contributed by atoms with Crippen molar-refractivity contribution in [3.05, 3.63) is 24.3 Å². The van der Waals surface area contributed by atoms with Crippen molar-refractivity contribution in [1.82, 2.24) is 4.90 Å². The Morgan fingerprint density at radius 2 is 1.75 bits per heavy atom. The highest BCUT2D eigenvalue weighted by atomic mass is 16.5. The number of rotatable bonds is 8. The molecule has 1 aliphatic rings. The summed E-state index contributed by atoms with van der Waals surface area (Å²) in [7, 11) is 1.68. The van der Waals surface area contributed by atoms with Crippen LogP contribution in [0.25, 0.3) is 0 Å². The van der Waals surface area contributed by atoms with E-state index >= 15 is 0 Å². The molecule has 1 aromatic carbocycles. The Labute approximate surface area is 146 Å². The number of benzene rings is 1. The molecule has 1 aromatic rings. The molecule has 1 aliphatic heterocycles. The first kappa shape index (κ1) is 19.3. The topological polar surface area (TPSA) is 51.2 Å². The van der Waals surface area contributed by atoms with E-state index < -0.39 is 11.2 Å². The molecule has 0 unspecified atom stereocenters. The Morgan fingerprint density at radius 1 is 1.12 bits per heavy atom. The van der Waals surface area contributed by atoms with Gasteiger partial charge >= 0.3 is 7.48 Å². The minimum atomic E-state index is -0.925. The number of ether oxygens (including phenoxy) is 2. The first-order valence-corrected chi connectivity index (χ1v) is 8.54. The summed E-state index contributed by atoms with van der Waals surface area (Å²) in [4.78, 5) is 2.35. The van der Waals surface area contributed by atoms with Crippen LogP contribution in [0.2, 0.25) is 0 Å². The molecule has 2 rings (SSSR count). The quantitative estimate of drug-likeness (QED) is 0.724. The maximum absolute atomic E-state index is 10.1.